The molecule has 1 amide bonds. The third kappa shape index (κ3) is 4.02. The first-order valence-electron chi connectivity index (χ1n) is 6.09. The van der Waals surface area contributed by atoms with E-state index in [-0.39, 0.29) is 17.6 Å². The first-order chi connectivity index (χ1) is 8.25. The summed E-state index contributed by atoms with van der Waals surface area (Å²) in [5.41, 5.74) is 1.08. The number of benzene rings is 1. The minimum absolute atomic E-state index is 0.00143. The number of Topliss-reactive ketones (excluding diaryl/α,β-unsaturated/α-hetero) is 1. The minimum Gasteiger partial charge on any atom is -0.352 e. The Kier molecular flexibility index (Phi) is 5.40. The van der Waals surface area contributed by atoms with Crippen LogP contribution in [0.25, 0.3) is 0 Å². The van der Waals surface area contributed by atoms with Gasteiger partial charge in [-0.25, -0.2) is 0 Å². The number of amides is 1. The maximum Gasteiger partial charge on any atom is 0.224 e. The highest BCUT2D eigenvalue weighted by Crippen LogP contribution is 2.22. The summed E-state index contributed by atoms with van der Waals surface area (Å²) >= 11 is 0. The second-order valence-electron chi connectivity index (χ2n) is 3.85. The topological polar surface area (TPSA) is 46.2 Å². The molecule has 0 unspecified atom stereocenters. The Labute approximate surface area is 102 Å². The van der Waals surface area contributed by atoms with Gasteiger partial charge in [0.2, 0.25) is 5.91 Å². The Balaban J connectivity index is 0.000000686. The predicted molar refractivity (Wildman–Crippen MR) is 67.4 cm³/mol. The molecular weight excluding hydrogens is 214 g/mol. The number of hydrogen-bond acceptors (Lipinski definition) is 2. The van der Waals surface area contributed by atoms with Gasteiger partial charge in [-0.3, -0.25) is 9.59 Å². The van der Waals surface area contributed by atoms with Gasteiger partial charge in [0.15, 0.2) is 0 Å². The summed E-state index contributed by atoms with van der Waals surface area (Å²) in [5.74, 6) is 0.106. The summed E-state index contributed by atoms with van der Waals surface area (Å²) in [4.78, 5) is 22.2. The fourth-order valence-corrected chi connectivity index (χ4v) is 1.60. The summed E-state index contributed by atoms with van der Waals surface area (Å²) in [6, 6.07) is 9.75. The van der Waals surface area contributed by atoms with E-state index in [9.17, 15) is 9.59 Å². The first kappa shape index (κ1) is 13.4. The molecule has 1 aliphatic carbocycles. The summed E-state index contributed by atoms with van der Waals surface area (Å²) in [5, 5.41) is 2.83. The highest BCUT2D eigenvalue weighted by Gasteiger charge is 2.32. The summed E-state index contributed by atoms with van der Waals surface area (Å²) < 4.78 is 0. The highest BCUT2D eigenvalue weighted by atomic mass is 16.2. The number of hydrogen-bond donors (Lipinski definition) is 1. The first-order valence-corrected chi connectivity index (χ1v) is 6.09. The Hall–Kier alpha value is -1.64. The van der Waals surface area contributed by atoms with E-state index in [1.54, 1.807) is 0 Å². The summed E-state index contributed by atoms with van der Waals surface area (Å²) in [7, 11) is 0. The maximum atomic E-state index is 11.5. The van der Waals surface area contributed by atoms with E-state index < -0.39 is 0 Å². The second kappa shape index (κ2) is 6.84. The van der Waals surface area contributed by atoms with Gasteiger partial charge in [0.05, 0.1) is 5.92 Å². The fourth-order valence-electron chi connectivity index (χ4n) is 1.60. The van der Waals surface area contributed by atoms with Crippen LogP contribution in [0, 0.1) is 5.92 Å². The van der Waals surface area contributed by atoms with Crippen molar-refractivity contribution in [3.05, 3.63) is 35.9 Å². The van der Waals surface area contributed by atoms with Crippen molar-refractivity contribution >= 4 is 11.7 Å². The fraction of sp³-hybridized carbons (Fsp3) is 0.429. The van der Waals surface area contributed by atoms with Crippen LogP contribution < -0.4 is 5.32 Å². The average Bonchev–Trinajstić information content (AvgIpc) is 2.36. The van der Waals surface area contributed by atoms with Crippen molar-refractivity contribution in [3.63, 3.8) is 0 Å². The lowest BCUT2D eigenvalue weighted by Gasteiger charge is -2.22. The van der Waals surface area contributed by atoms with Gasteiger partial charge in [0.1, 0.15) is 5.78 Å². The van der Waals surface area contributed by atoms with E-state index in [1.165, 1.54) is 0 Å². The maximum absolute atomic E-state index is 11.5. The van der Waals surface area contributed by atoms with Crippen molar-refractivity contribution < 1.29 is 9.59 Å². The SMILES string of the molecule is CC.O=C1CC(C(=O)NCc2ccccc2)C1. The molecule has 1 aliphatic rings. The molecule has 0 radical (unpaired) electrons. The molecule has 0 bridgehead atoms. The lowest BCUT2D eigenvalue weighted by molar-refractivity contribution is -0.138. The molecule has 0 atom stereocenters. The van der Waals surface area contributed by atoms with Crippen molar-refractivity contribution in [2.24, 2.45) is 5.92 Å². The van der Waals surface area contributed by atoms with Crippen molar-refractivity contribution in [2.45, 2.75) is 33.2 Å². The van der Waals surface area contributed by atoms with Crippen LogP contribution in [0.3, 0.4) is 0 Å². The van der Waals surface area contributed by atoms with E-state index in [2.05, 4.69) is 5.32 Å². The molecule has 0 spiro atoms. The summed E-state index contributed by atoms with van der Waals surface area (Å²) in [6.45, 7) is 4.55. The molecule has 0 saturated heterocycles. The molecule has 17 heavy (non-hydrogen) atoms. The molecule has 0 aliphatic heterocycles. The number of rotatable bonds is 3. The van der Waals surface area contributed by atoms with E-state index >= 15 is 0 Å². The third-order valence-electron chi connectivity index (χ3n) is 2.63. The Bertz CT molecular complexity index is 365. The highest BCUT2D eigenvalue weighted by molar-refractivity contribution is 5.96. The third-order valence-corrected chi connectivity index (χ3v) is 2.63. The molecular formula is C14H19NO2. The van der Waals surface area contributed by atoms with Crippen LogP contribution in [-0.4, -0.2) is 11.7 Å². The van der Waals surface area contributed by atoms with Gasteiger partial charge < -0.3 is 5.32 Å². The second-order valence-corrected chi connectivity index (χ2v) is 3.85. The lowest BCUT2D eigenvalue weighted by Crippen LogP contribution is -2.38. The van der Waals surface area contributed by atoms with Crippen molar-refractivity contribution in [3.8, 4) is 0 Å². The molecule has 1 saturated carbocycles. The number of nitrogens with one attached hydrogen (secondary N) is 1. The largest absolute Gasteiger partial charge is 0.352 e. The molecule has 0 heterocycles. The smallest absolute Gasteiger partial charge is 0.224 e. The van der Waals surface area contributed by atoms with Gasteiger partial charge in [-0.2, -0.15) is 0 Å². The molecule has 1 N–H and O–H groups in total. The Morgan fingerprint density at radius 1 is 1.24 bits per heavy atom. The average molecular weight is 233 g/mol. The van der Waals surface area contributed by atoms with Crippen LogP contribution in [0.4, 0.5) is 0 Å². The molecule has 3 heteroatoms. The van der Waals surface area contributed by atoms with Gasteiger partial charge in [0, 0.05) is 19.4 Å². The molecule has 2 rings (SSSR count). The molecule has 0 aromatic heterocycles. The Morgan fingerprint density at radius 3 is 2.35 bits per heavy atom. The number of carbonyl (C=O) groups excluding carboxylic acids is 2. The van der Waals surface area contributed by atoms with E-state index in [4.69, 9.17) is 0 Å². The van der Waals surface area contributed by atoms with Crippen LogP contribution in [0.1, 0.15) is 32.3 Å². The quantitative estimate of drug-likeness (QED) is 0.870. The zero-order valence-electron chi connectivity index (χ0n) is 10.4. The minimum atomic E-state index is -0.0822. The van der Waals surface area contributed by atoms with E-state index in [0.717, 1.165) is 5.56 Å². The van der Waals surface area contributed by atoms with Crippen molar-refractivity contribution in [1.82, 2.24) is 5.32 Å². The van der Waals surface area contributed by atoms with Crippen LogP contribution >= 0.6 is 0 Å². The lowest BCUT2D eigenvalue weighted by atomic mass is 9.83. The van der Waals surface area contributed by atoms with Crippen LogP contribution in [0.15, 0.2) is 30.3 Å². The summed E-state index contributed by atoms with van der Waals surface area (Å²) in [6.07, 6.45) is 0.835. The predicted octanol–water partition coefficient (Wildman–Crippen LogP) is 2.31. The molecule has 92 valence electrons. The van der Waals surface area contributed by atoms with Gasteiger partial charge in [-0.15, -0.1) is 0 Å². The van der Waals surface area contributed by atoms with Crippen LogP contribution in [0.2, 0.25) is 0 Å². The number of ketones is 1. The standard InChI is InChI=1S/C12H13NO2.C2H6/c14-11-6-10(7-11)12(15)13-8-9-4-2-1-3-5-9;1-2/h1-5,10H,6-8H2,(H,13,15);1-2H3. The van der Waals surface area contributed by atoms with Crippen molar-refractivity contribution in [1.29, 1.82) is 0 Å². The monoisotopic (exact) mass is 233 g/mol. The Morgan fingerprint density at radius 2 is 1.82 bits per heavy atom. The number of carbonyl (C=O) groups is 2. The van der Waals surface area contributed by atoms with E-state index in [0.29, 0.717) is 19.4 Å². The van der Waals surface area contributed by atoms with Gasteiger partial charge in [-0.05, 0) is 5.56 Å². The van der Waals surface area contributed by atoms with Crippen LogP contribution in [-0.2, 0) is 16.1 Å². The van der Waals surface area contributed by atoms with Gasteiger partial charge in [-0.1, -0.05) is 44.2 Å². The zero-order valence-corrected chi connectivity index (χ0v) is 10.4. The molecule has 3 nitrogen and oxygen atoms in total. The van der Waals surface area contributed by atoms with Gasteiger partial charge >= 0.3 is 0 Å². The molecule has 1 aromatic carbocycles. The zero-order chi connectivity index (χ0) is 12.7. The van der Waals surface area contributed by atoms with Gasteiger partial charge in [0.25, 0.3) is 0 Å². The molecule has 1 fully saturated rings. The van der Waals surface area contributed by atoms with Crippen LogP contribution in [0.5, 0.6) is 0 Å². The van der Waals surface area contributed by atoms with E-state index in [1.807, 2.05) is 44.2 Å². The normalized spacial score (nSPS) is 14.4. The van der Waals surface area contributed by atoms with Crippen molar-refractivity contribution in [2.75, 3.05) is 0 Å². The molecule has 1 aromatic rings.